The number of nitrogens with zero attached hydrogens (tertiary/aromatic N) is 4. The van der Waals surface area contributed by atoms with Crippen molar-refractivity contribution in [2.75, 3.05) is 54.4 Å². The Balaban J connectivity index is 0. The maximum atomic E-state index is 5.04. The Morgan fingerprint density at radius 3 is 0.868 bits per heavy atom. The van der Waals surface area contributed by atoms with E-state index in [1.165, 1.54) is 47.3 Å². The van der Waals surface area contributed by atoms with Crippen molar-refractivity contribution in [2.24, 2.45) is 0 Å². The first kappa shape index (κ1) is 42.1. The Bertz CT molecular complexity index is 570. The first-order chi connectivity index (χ1) is 16.4. The minimum absolute atomic E-state index is 0. The average molecular weight is 625 g/mol. The zero-order valence-electron chi connectivity index (χ0n) is 28.2. The maximum Gasteiger partial charge on any atom is 3.00 e. The summed E-state index contributed by atoms with van der Waals surface area (Å²) in [7, 11) is 5.14. The van der Waals surface area contributed by atoms with E-state index in [4.69, 9.17) is 9.96 Å². The van der Waals surface area contributed by atoms with Crippen LogP contribution < -0.4 is 18.9 Å². The summed E-state index contributed by atoms with van der Waals surface area (Å²) in [6, 6.07) is 0. The fourth-order valence-electron chi connectivity index (χ4n) is 5.49. The van der Waals surface area contributed by atoms with E-state index in [9.17, 15) is 0 Å². The second-order valence-corrected chi connectivity index (χ2v) is 20.1. The third-order valence-electron chi connectivity index (χ3n) is 8.21. The Hall–Kier alpha value is 1.98. The van der Waals surface area contributed by atoms with Crippen LogP contribution in [0.3, 0.4) is 0 Å². The van der Waals surface area contributed by atoms with Crippen molar-refractivity contribution in [3.63, 3.8) is 0 Å². The van der Waals surface area contributed by atoms with Crippen LogP contribution in [0.1, 0.15) is 55.4 Å². The maximum absolute atomic E-state index is 5.04. The van der Waals surface area contributed by atoms with Gasteiger partial charge in [0.15, 0.2) is 0 Å². The third kappa shape index (κ3) is 11.2. The molecule has 0 aliphatic heterocycles. The zero-order chi connectivity index (χ0) is 28.2. The Morgan fingerprint density at radius 1 is 0.474 bits per heavy atom. The standard InChI is InChI=1S/2C15H28N2Si.Li.Y/c2*1-11-12(2)14(4)15(13(11)3)18(7,8)16-9-10-17(5)6;;/h2*9-10H2,1-8H3;;/q2*-1;+1;+3. The van der Waals surface area contributed by atoms with E-state index >= 15 is 0 Å². The number of likely N-dealkylation sites (N-methyl/N-ethyl adjacent to an activating group) is 2. The van der Waals surface area contributed by atoms with E-state index in [-0.39, 0.29) is 51.6 Å². The van der Waals surface area contributed by atoms with Crippen molar-refractivity contribution in [1.29, 1.82) is 0 Å². The van der Waals surface area contributed by atoms with E-state index in [2.05, 4.69) is 120 Å². The van der Waals surface area contributed by atoms with Crippen molar-refractivity contribution in [1.82, 2.24) is 9.80 Å². The summed E-state index contributed by atoms with van der Waals surface area (Å²) in [4.78, 5) is 14.5. The van der Waals surface area contributed by atoms with Crippen molar-refractivity contribution >= 4 is 16.5 Å². The molecule has 0 aromatic rings. The summed E-state index contributed by atoms with van der Waals surface area (Å²) in [6.07, 6.45) is 0. The molecular weight excluding hydrogens is 568 g/mol. The minimum atomic E-state index is -1.65. The monoisotopic (exact) mass is 624 g/mol. The van der Waals surface area contributed by atoms with E-state index < -0.39 is 16.5 Å². The fraction of sp³-hybridized carbons (Fsp3) is 0.667. The molecule has 10 radical (unpaired) electrons. The molecule has 0 spiro atoms. The van der Waals surface area contributed by atoms with Crippen LogP contribution in [0.5, 0.6) is 0 Å². The molecule has 4 nitrogen and oxygen atoms in total. The SMILES string of the molecule is C[C]1[C](C)[C](C)[C]([Si](C)(C)[N-]CCN(C)C)[C]1C.C[C]1[C](C)[C](C)[C]([Si](C)(C)[N-]CCN(C)C)[C]1C.[Li+].[Y+3]. The molecule has 2 rings (SSSR count). The predicted octanol–water partition coefficient (Wildman–Crippen LogP) is 4.26. The van der Waals surface area contributed by atoms with Gasteiger partial charge < -0.3 is 19.8 Å². The molecule has 0 aromatic carbocycles. The minimum Gasteiger partial charge on any atom is -0.663 e. The van der Waals surface area contributed by atoms with Crippen LogP contribution in [0.4, 0.5) is 0 Å². The predicted molar refractivity (Wildman–Crippen MR) is 166 cm³/mol. The van der Waals surface area contributed by atoms with Crippen LogP contribution in [-0.2, 0) is 32.7 Å². The van der Waals surface area contributed by atoms with Crippen LogP contribution in [0.25, 0.3) is 9.96 Å². The normalized spacial score (nSPS) is 21.3. The van der Waals surface area contributed by atoms with Crippen LogP contribution in [-0.4, -0.2) is 80.6 Å². The molecule has 2 aliphatic carbocycles. The van der Waals surface area contributed by atoms with Crippen molar-refractivity contribution < 1.29 is 51.6 Å². The van der Waals surface area contributed by atoms with Gasteiger partial charge in [-0.25, -0.2) is 0 Å². The van der Waals surface area contributed by atoms with Gasteiger partial charge in [0.05, 0.1) is 0 Å². The van der Waals surface area contributed by atoms with Gasteiger partial charge in [0.1, 0.15) is 0 Å². The molecule has 0 heterocycles. The molecule has 2 fully saturated rings. The first-order valence-electron chi connectivity index (χ1n) is 13.5. The molecule has 2 saturated carbocycles. The van der Waals surface area contributed by atoms with Gasteiger partial charge in [-0.05, 0) is 99.7 Å². The van der Waals surface area contributed by atoms with Crippen LogP contribution in [0.15, 0.2) is 0 Å². The Labute approximate surface area is 280 Å². The van der Waals surface area contributed by atoms with E-state index in [0.29, 0.717) is 0 Å². The van der Waals surface area contributed by atoms with Gasteiger partial charge in [0, 0.05) is 0 Å². The van der Waals surface area contributed by atoms with Crippen molar-refractivity contribution in [3.05, 3.63) is 68.4 Å². The molecule has 0 bridgehead atoms. The molecule has 0 atom stereocenters. The van der Waals surface area contributed by atoms with Crippen molar-refractivity contribution in [2.45, 2.75) is 81.6 Å². The van der Waals surface area contributed by atoms with Gasteiger partial charge in [-0.2, -0.15) is 0 Å². The molecule has 0 unspecified atom stereocenters. The summed E-state index contributed by atoms with van der Waals surface area (Å²) in [5.74, 6) is 11.8. The Morgan fingerprint density at radius 2 is 0.684 bits per heavy atom. The first-order valence-corrected chi connectivity index (χ1v) is 19.4. The molecule has 0 saturated heterocycles. The molecule has 38 heavy (non-hydrogen) atoms. The van der Waals surface area contributed by atoms with Gasteiger partial charge >= 0.3 is 51.6 Å². The molecule has 0 amide bonds. The molecule has 206 valence electrons. The van der Waals surface area contributed by atoms with E-state index in [1.807, 2.05) is 0 Å². The van der Waals surface area contributed by atoms with Gasteiger partial charge in [-0.15, -0.1) is 13.1 Å². The molecule has 0 N–H and O–H groups in total. The van der Waals surface area contributed by atoms with Gasteiger partial charge in [-0.1, -0.05) is 98.0 Å². The average Bonchev–Trinajstić information content (AvgIpc) is 3.06. The van der Waals surface area contributed by atoms with Crippen molar-refractivity contribution in [3.8, 4) is 0 Å². The quantitative estimate of drug-likeness (QED) is 0.341. The smallest absolute Gasteiger partial charge is 0.663 e. The van der Waals surface area contributed by atoms with Gasteiger partial charge in [-0.3, -0.25) is 0 Å². The van der Waals surface area contributed by atoms with Crippen LogP contribution in [0, 0.1) is 58.4 Å². The summed E-state index contributed by atoms with van der Waals surface area (Å²) in [5.41, 5.74) is 3.13. The molecular formula is C30H56LiN4Si2Y+2. The zero-order valence-corrected chi connectivity index (χ0v) is 33.0. The largest absolute Gasteiger partial charge is 3.00 e. The fourth-order valence-corrected chi connectivity index (χ4v) is 11.5. The number of rotatable bonds is 10. The van der Waals surface area contributed by atoms with E-state index in [0.717, 1.165) is 26.2 Å². The second kappa shape index (κ2) is 17.9. The second-order valence-electron chi connectivity index (χ2n) is 12.2. The summed E-state index contributed by atoms with van der Waals surface area (Å²) in [5, 5.41) is 0. The number of hydrogen-bond donors (Lipinski definition) is 0. The Kier molecular flexibility index (Phi) is 19.9. The summed E-state index contributed by atoms with van der Waals surface area (Å²) >= 11 is 0. The third-order valence-corrected chi connectivity index (χ3v) is 14.2. The molecule has 2 aliphatic rings. The van der Waals surface area contributed by atoms with E-state index in [1.54, 1.807) is 11.1 Å². The molecule has 0 aromatic heterocycles. The topological polar surface area (TPSA) is 34.7 Å². The summed E-state index contributed by atoms with van der Waals surface area (Å²) < 4.78 is 0. The van der Waals surface area contributed by atoms with Crippen LogP contribution in [0.2, 0.25) is 26.2 Å². The number of hydrogen-bond acceptors (Lipinski definition) is 2. The molecule has 8 heteroatoms. The summed E-state index contributed by atoms with van der Waals surface area (Å²) in [6.45, 7) is 31.5. The van der Waals surface area contributed by atoms with Crippen LogP contribution >= 0.6 is 0 Å². The van der Waals surface area contributed by atoms with Gasteiger partial charge in [0.2, 0.25) is 0 Å². The van der Waals surface area contributed by atoms with Gasteiger partial charge in [0.25, 0.3) is 0 Å².